The molecule has 4 fully saturated rings. The molecule has 3 N–H and O–H groups in total. The Labute approximate surface area is 162 Å². The first-order valence-corrected chi connectivity index (χ1v) is 10.1. The van der Waals surface area contributed by atoms with Gasteiger partial charge < -0.3 is 20.5 Å². The van der Waals surface area contributed by atoms with Gasteiger partial charge in [-0.1, -0.05) is 19.9 Å². The maximum Gasteiger partial charge on any atom is 0.255 e. The molecule has 148 valence electrons. The predicted molar refractivity (Wildman–Crippen MR) is 105 cm³/mol. The maximum atomic E-state index is 10.9. The van der Waals surface area contributed by atoms with Gasteiger partial charge in [-0.05, 0) is 73.0 Å². The number of benzene rings is 1. The fourth-order valence-electron chi connectivity index (χ4n) is 7.02. The molecule has 5 rings (SSSR count). The van der Waals surface area contributed by atoms with Gasteiger partial charge in [0, 0.05) is 12.1 Å². The van der Waals surface area contributed by atoms with E-state index in [4.69, 9.17) is 15.2 Å². The molecule has 4 aliphatic rings. The van der Waals surface area contributed by atoms with Crippen LogP contribution in [0.3, 0.4) is 0 Å². The van der Waals surface area contributed by atoms with E-state index in [0.29, 0.717) is 22.3 Å². The van der Waals surface area contributed by atoms with E-state index in [0.717, 1.165) is 12.5 Å². The minimum Gasteiger partial charge on any atom is -0.493 e. The van der Waals surface area contributed by atoms with Crippen molar-refractivity contribution in [2.75, 3.05) is 13.7 Å². The van der Waals surface area contributed by atoms with Gasteiger partial charge in [0.15, 0.2) is 18.1 Å². The topological polar surface area (TPSA) is 73.6 Å². The van der Waals surface area contributed by atoms with Gasteiger partial charge in [-0.3, -0.25) is 4.79 Å². The van der Waals surface area contributed by atoms with E-state index in [9.17, 15) is 4.79 Å². The maximum absolute atomic E-state index is 10.9. The zero-order valence-corrected chi connectivity index (χ0v) is 16.8. The van der Waals surface area contributed by atoms with E-state index in [2.05, 4.69) is 19.2 Å². The molecule has 0 saturated heterocycles. The number of carbonyl (C=O) groups excluding carboxylic acids is 1. The first-order chi connectivity index (χ1) is 12.7. The second kappa shape index (κ2) is 6.40. The molecule has 0 spiro atoms. The van der Waals surface area contributed by atoms with Crippen molar-refractivity contribution in [2.24, 2.45) is 22.5 Å². The van der Waals surface area contributed by atoms with Crippen LogP contribution in [0.1, 0.15) is 57.9 Å². The lowest BCUT2D eigenvalue weighted by atomic mass is 9.43. The van der Waals surface area contributed by atoms with Crippen molar-refractivity contribution in [2.45, 2.75) is 64.5 Å². The highest BCUT2D eigenvalue weighted by molar-refractivity contribution is 5.75. The summed E-state index contributed by atoms with van der Waals surface area (Å²) in [7, 11) is 1.62. The molecule has 5 heteroatoms. The van der Waals surface area contributed by atoms with Crippen molar-refractivity contribution >= 4 is 5.91 Å². The van der Waals surface area contributed by atoms with Crippen LogP contribution >= 0.6 is 0 Å². The van der Waals surface area contributed by atoms with Gasteiger partial charge in [0.25, 0.3) is 5.91 Å². The molecule has 0 aliphatic heterocycles. The normalized spacial score (nSPS) is 36.6. The SMILES string of the molecule is COc1cc(CNC23CC4CC(C)(CC(C)(C4)C2)C3)ccc1OCC(N)=O. The summed E-state index contributed by atoms with van der Waals surface area (Å²) in [4.78, 5) is 10.9. The molecule has 4 aliphatic carbocycles. The lowest BCUT2D eigenvalue weighted by Crippen LogP contribution is -2.63. The van der Waals surface area contributed by atoms with Gasteiger partial charge in [-0.25, -0.2) is 0 Å². The summed E-state index contributed by atoms with van der Waals surface area (Å²) < 4.78 is 10.9. The zero-order chi connectivity index (χ0) is 19.3. The zero-order valence-electron chi connectivity index (χ0n) is 16.8. The Morgan fingerprint density at radius 3 is 2.44 bits per heavy atom. The van der Waals surface area contributed by atoms with Gasteiger partial charge >= 0.3 is 0 Å². The van der Waals surface area contributed by atoms with Crippen molar-refractivity contribution in [3.63, 3.8) is 0 Å². The van der Waals surface area contributed by atoms with E-state index in [1.165, 1.54) is 44.1 Å². The average Bonchev–Trinajstić information content (AvgIpc) is 2.55. The number of carbonyl (C=O) groups is 1. The lowest BCUT2D eigenvalue weighted by Gasteiger charge is -2.65. The molecule has 27 heavy (non-hydrogen) atoms. The van der Waals surface area contributed by atoms with Gasteiger partial charge in [0.1, 0.15) is 0 Å². The molecule has 5 nitrogen and oxygen atoms in total. The monoisotopic (exact) mass is 372 g/mol. The largest absolute Gasteiger partial charge is 0.493 e. The van der Waals surface area contributed by atoms with E-state index in [1.54, 1.807) is 7.11 Å². The summed E-state index contributed by atoms with van der Waals surface area (Å²) >= 11 is 0. The standard InChI is InChI=1S/C22H32N2O3/c1-20-7-16-8-21(2,12-20)14-22(9-16,13-20)24-10-15-4-5-17(18(6-15)26-3)27-11-19(23)25/h4-6,16,24H,7-14H2,1-3H3,(H2,23,25). The minimum atomic E-state index is -0.494. The van der Waals surface area contributed by atoms with Gasteiger partial charge in [0.2, 0.25) is 0 Å². The second-order valence-corrected chi connectivity index (χ2v) is 10.0. The number of rotatable bonds is 7. The Morgan fingerprint density at radius 1 is 1.15 bits per heavy atom. The fraction of sp³-hybridized carbons (Fsp3) is 0.682. The summed E-state index contributed by atoms with van der Waals surface area (Å²) in [6.07, 6.45) is 8.11. The first kappa shape index (κ1) is 18.6. The quantitative estimate of drug-likeness (QED) is 0.769. The summed E-state index contributed by atoms with van der Waals surface area (Å²) in [5.74, 6) is 1.57. The number of amides is 1. The van der Waals surface area contributed by atoms with Crippen LogP contribution in [-0.4, -0.2) is 25.2 Å². The Bertz CT molecular complexity index is 729. The second-order valence-electron chi connectivity index (χ2n) is 10.0. The number of hydrogen-bond acceptors (Lipinski definition) is 4. The molecule has 2 atom stereocenters. The van der Waals surface area contributed by atoms with E-state index >= 15 is 0 Å². The Balaban J connectivity index is 1.46. The molecular formula is C22H32N2O3. The number of nitrogens with two attached hydrogens (primary N) is 1. The first-order valence-electron chi connectivity index (χ1n) is 10.1. The third-order valence-corrected chi connectivity index (χ3v) is 6.89. The highest BCUT2D eigenvalue weighted by atomic mass is 16.5. The highest BCUT2D eigenvalue weighted by Gasteiger charge is 2.59. The Kier molecular flexibility index (Phi) is 4.41. The molecule has 0 radical (unpaired) electrons. The van der Waals surface area contributed by atoms with Crippen molar-refractivity contribution < 1.29 is 14.3 Å². The Morgan fingerprint density at radius 2 is 1.85 bits per heavy atom. The van der Waals surface area contributed by atoms with Crippen LogP contribution in [0.2, 0.25) is 0 Å². The van der Waals surface area contributed by atoms with Crippen LogP contribution in [0.4, 0.5) is 0 Å². The summed E-state index contributed by atoms with van der Waals surface area (Å²) in [5.41, 5.74) is 7.62. The molecule has 1 amide bonds. The van der Waals surface area contributed by atoms with Gasteiger partial charge in [-0.15, -0.1) is 0 Å². The van der Waals surface area contributed by atoms with E-state index in [-0.39, 0.29) is 12.1 Å². The van der Waals surface area contributed by atoms with Crippen LogP contribution in [0, 0.1) is 16.7 Å². The van der Waals surface area contributed by atoms with Crippen LogP contribution in [0.15, 0.2) is 18.2 Å². The molecular weight excluding hydrogens is 340 g/mol. The summed E-state index contributed by atoms with van der Waals surface area (Å²) in [6.45, 7) is 5.68. The predicted octanol–water partition coefficient (Wildman–Crippen LogP) is 3.40. The summed E-state index contributed by atoms with van der Waals surface area (Å²) in [5, 5.41) is 3.94. The number of nitrogens with one attached hydrogen (secondary N) is 1. The van der Waals surface area contributed by atoms with Crippen molar-refractivity contribution in [1.29, 1.82) is 0 Å². The molecule has 4 bridgehead atoms. The van der Waals surface area contributed by atoms with Crippen molar-refractivity contribution in [3.05, 3.63) is 23.8 Å². The smallest absolute Gasteiger partial charge is 0.255 e. The van der Waals surface area contributed by atoms with Gasteiger partial charge in [0.05, 0.1) is 7.11 Å². The molecule has 4 saturated carbocycles. The lowest BCUT2D eigenvalue weighted by molar-refractivity contribution is -0.120. The van der Waals surface area contributed by atoms with Crippen LogP contribution < -0.4 is 20.5 Å². The minimum absolute atomic E-state index is 0.143. The number of hydrogen-bond donors (Lipinski definition) is 2. The highest BCUT2D eigenvalue weighted by Crippen LogP contribution is 2.66. The fourth-order valence-corrected chi connectivity index (χ4v) is 7.02. The molecule has 1 aromatic rings. The van der Waals surface area contributed by atoms with E-state index in [1.807, 2.05) is 18.2 Å². The summed E-state index contributed by atoms with van der Waals surface area (Å²) in [6, 6.07) is 5.89. The number of primary amides is 1. The van der Waals surface area contributed by atoms with Crippen LogP contribution in [-0.2, 0) is 11.3 Å². The Hall–Kier alpha value is -1.75. The molecule has 0 heterocycles. The van der Waals surface area contributed by atoms with E-state index < -0.39 is 5.91 Å². The third kappa shape index (κ3) is 3.66. The van der Waals surface area contributed by atoms with Crippen LogP contribution in [0.25, 0.3) is 0 Å². The van der Waals surface area contributed by atoms with Gasteiger partial charge in [-0.2, -0.15) is 0 Å². The molecule has 2 unspecified atom stereocenters. The molecule has 1 aromatic carbocycles. The van der Waals surface area contributed by atoms with Crippen molar-refractivity contribution in [3.8, 4) is 11.5 Å². The number of ether oxygens (including phenoxy) is 2. The van der Waals surface area contributed by atoms with Crippen molar-refractivity contribution in [1.82, 2.24) is 5.32 Å². The number of methoxy groups -OCH3 is 1. The van der Waals surface area contributed by atoms with Crippen LogP contribution in [0.5, 0.6) is 11.5 Å². The third-order valence-electron chi connectivity index (χ3n) is 6.89. The molecule has 0 aromatic heterocycles. The average molecular weight is 373 g/mol.